The molecule has 144 valence electrons. The number of anilines is 2. The number of aromatic nitrogens is 2. The Balaban J connectivity index is 1.70. The smallest absolute Gasteiger partial charge is 0.275 e. The fraction of sp³-hybridized carbons (Fsp3) is 0.158. The summed E-state index contributed by atoms with van der Waals surface area (Å²) >= 11 is 7.85. The Labute approximate surface area is 172 Å². The molecule has 28 heavy (non-hydrogen) atoms. The Kier molecular flexibility index (Phi) is 5.29. The number of rotatable bonds is 5. The van der Waals surface area contributed by atoms with Crippen molar-refractivity contribution >= 4 is 44.9 Å². The first-order valence-corrected chi connectivity index (χ1v) is 11.2. The highest BCUT2D eigenvalue weighted by molar-refractivity contribution is 7.99. The lowest BCUT2D eigenvalue weighted by Gasteiger charge is -2.33. The summed E-state index contributed by atoms with van der Waals surface area (Å²) in [6.45, 7) is 0.341. The lowest BCUT2D eigenvalue weighted by atomic mass is 10.2. The average molecular weight is 434 g/mol. The van der Waals surface area contributed by atoms with Crippen LogP contribution in [0.2, 0.25) is 5.02 Å². The van der Waals surface area contributed by atoms with E-state index in [1.165, 1.54) is 12.4 Å². The molecule has 2 heterocycles. The zero-order valence-corrected chi connectivity index (χ0v) is 17.0. The molecule has 2 aromatic carbocycles. The van der Waals surface area contributed by atoms with E-state index in [0.717, 1.165) is 21.2 Å². The van der Waals surface area contributed by atoms with Gasteiger partial charge in [0.1, 0.15) is 11.1 Å². The van der Waals surface area contributed by atoms with Crippen LogP contribution in [-0.4, -0.2) is 29.5 Å². The van der Waals surface area contributed by atoms with Gasteiger partial charge in [-0.1, -0.05) is 35.5 Å². The van der Waals surface area contributed by atoms with Crippen LogP contribution >= 0.6 is 23.4 Å². The normalized spacial score (nSPS) is 14.3. The Hall–Kier alpha value is -2.13. The third-order valence-corrected chi connectivity index (χ3v) is 6.97. The van der Waals surface area contributed by atoms with Crippen molar-refractivity contribution in [1.82, 2.24) is 9.97 Å². The van der Waals surface area contributed by atoms with E-state index in [9.17, 15) is 13.0 Å². The van der Waals surface area contributed by atoms with Crippen molar-refractivity contribution in [2.24, 2.45) is 0 Å². The molecule has 6 nitrogen and oxygen atoms in total. The molecule has 4 rings (SSSR count). The molecule has 1 N–H and O–H groups in total. The first-order valence-electron chi connectivity index (χ1n) is 8.50. The summed E-state index contributed by atoms with van der Waals surface area (Å²) in [6.07, 6.45) is 3.04. The standard InChI is InChI=1S/C19H16ClN3O3S2/c20-13-6-7-17-15(12-13)23(14-4-1-2-5-16(14)27-17)11-8-18(28(24,25)26)19-21-9-3-10-22-19/h1-7,9-10,12,18H,8,11H2,(H,24,25,26). The molecular weight excluding hydrogens is 418 g/mol. The van der Waals surface area contributed by atoms with Gasteiger partial charge < -0.3 is 4.90 Å². The number of fused-ring (bicyclic) bond motifs is 2. The van der Waals surface area contributed by atoms with Crippen LogP contribution in [0.15, 0.2) is 70.7 Å². The quantitative estimate of drug-likeness (QED) is 0.581. The fourth-order valence-electron chi connectivity index (χ4n) is 3.18. The summed E-state index contributed by atoms with van der Waals surface area (Å²) in [7, 11) is -4.36. The minimum Gasteiger partial charge on any atom is -0.340 e. The van der Waals surface area contributed by atoms with Gasteiger partial charge in [-0.2, -0.15) is 8.42 Å². The molecule has 0 bridgehead atoms. The van der Waals surface area contributed by atoms with Crippen LogP contribution in [0.5, 0.6) is 0 Å². The molecule has 1 aromatic heterocycles. The summed E-state index contributed by atoms with van der Waals surface area (Å²) in [5.74, 6) is 0.0796. The minimum atomic E-state index is -4.36. The topological polar surface area (TPSA) is 83.4 Å². The van der Waals surface area contributed by atoms with Crippen molar-refractivity contribution < 1.29 is 13.0 Å². The van der Waals surface area contributed by atoms with Gasteiger partial charge >= 0.3 is 0 Å². The summed E-state index contributed by atoms with van der Waals surface area (Å²) in [5, 5.41) is -0.612. The number of hydrogen-bond acceptors (Lipinski definition) is 6. The van der Waals surface area contributed by atoms with E-state index in [0.29, 0.717) is 11.6 Å². The number of benzene rings is 2. The monoisotopic (exact) mass is 433 g/mol. The Bertz CT molecular complexity index is 1110. The molecule has 1 aliphatic heterocycles. The largest absolute Gasteiger partial charge is 0.340 e. The first-order chi connectivity index (χ1) is 13.4. The second-order valence-corrected chi connectivity index (χ2v) is 9.35. The molecule has 0 fully saturated rings. The predicted octanol–water partition coefficient (Wildman–Crippen LogP) is 4.75. The molecule has 0 amide bonds. The fourth-order valence-corrected chi connectivity index (χ4v) is 5.21. The second-order valence-electron chi connectivity index (χ2n) is 6.23. The van der Waals surface area contributed by atoms with Gasteiger partial charge in [0.25, 0.3) is 10.1 Å². The van der Waals surface area contributed by atoms with E-state index < -0.39 is 15.4 Å². The van der Waals surface area contributed by atoms with Crippen molar-refractivity contribution in [3.63, 3.8) is 0 Å². The van der Waals surface area contributed by atoms with Gasteiger partial charge in [-0.25, -0.2) is 9.97 Å². The Morgan fingerprint density at radius 3 is 2.50 bits per heavy atom. The van der Waals surface area contributed by atoms with Crippen LogP contribution in [0.1, 0.15) is 17.5 Å². The number of halogens is 1. The molecule has 1 unspecified atom stereocenters. The van der Waals surface area contributed by atoms with Gasteiger partial charge in [0.2, 0.25) is 0 Å². The van der Waals surface area contributed by atoms with Crippen LogP contribution in [-0.2, 0) is 10.1 Å². The van der Waals surface area contributed by atoms with Crippen LogP contribution in [0, 0.1) is 0 Å². The zero-order chi connectivity index (χ0) is 19.7. The first kappa shape index (κ1) is 19.2. The number of para-hydroxylation sites is 1. The second kappa shape index (κ2) is 7.71. The van der Waals surface area contributed by atoms with E-state index >= 15 is 0 Å². The van der Waals surface area contributed by atoms with Crippen molar-refractivity contribution in [3.05, 3.63) is 71.8 Å². The molecule has 0 aliphatic carbocycles. The molecule has 0 spiro atoms. The summed E-state index contributed by atoms with van der Waals surface area (Å²) in [6, 6.07) is 15.1. The third-order valence-electron chi connectivity index (χ3n) is 4.44. The minimum absolute atomic E-state index is 0.0796. The average Bonchev–Trinajstić information content (AvgIpc) is 2.67. The molecule has 1 atom stereocenters. The predicted molar refractivity (Wildman–Crippen MR) is 110 cm³/mol. The van der Waals surface area contributed by atoms with Gasteiger partial charge in [-0.15, -0.1) is 0 Å². The molecule has 1 aliphatic rings. The zero-order valence-electron chi connectivity index (χ0n) is 14.6. The van der Waals surface area contributed by atoms with E-state index in [2.05, 4.69) is 9.97 Å². The van der Waals surface area contributed by atoms with E-state index in [1.807, 2.05) is 47.4 Å². The van der Waals surface area contributed by atoms with Crippen molar-refractivity contribution in [2.75, 3.05) is 11.4 Å². The third kappa shape index (κ3) is 3.86. The van der Waals surface area contributed by atoms with Gasteiger partial charge in [0.15, 0.2) is 0 Å². The van der Waals surface area contributed by atoms with E-state index in [-0.39, 0.29) is 12.2 Å². The molecule has 3 aromatic rings. The highest BCUT2D eigenvalue weighted by Crippen LogP contribution is 2.49. The van der Waals surface area contributed by atoms with Crippen LogP contribution in [0.25, 0.3) is 0 Å². The van der Waals surface area contributed by atoms with E-state index in [1.54, 1.807) is 17.8 Å². The SMILES string of the molecule is O=S(=O)(O)C(CCN1c2ccccc2Sc2ccc(Cl)cc21)c1ncccn1. The number of hydrogen-bond donors (Lipinski definition) is 1. The van der Waals surface area contributed by atoms with Crippen LogP contribution in [0.4, 0.5) is 11.4 Å². The Morgan fingerprint density at radius 2 is 1.75 bits per heavy atom. The number of nitrogens with zero attached hydrogens (tertiary/aromatic N) is 3. The summed E-state index contributed by atoms with van der Waals surface area (Å²) in [4.78, 5) is 12.2. The lowest BCUT2D eigenvalue weighted by molar-refractivity contribution is 0.461. The van der Waals surface area contributed by atoms with Crippen molar-refractivity contribution in [1.29, 1.82) is 0 Å². The van der Waals surface area contributed by atoms with Gasteiger partial charge in [-0.3, -0.25) is 4.55 Å². The Morgan fingerprint density at radius 1 is 1.04 bits per heavy atom. The van der Waals surface area contributed by atoms with Crippen molar-refractivity contribution in [2.45, 2.75) is 21.5 Å². The summed E-state index contributed by atoms with van der Waals surface area (Å²) in [5.41, 5.74) is 1.87. The molecule has 0 saturated heterocycles. The molecule has 0 radical (unpaired) electrons. The molecule has 0 saturated carbocycles. The maximum Gasteiger partial charge on any atom is 0.275 e. The molecular formula is C19H16ClN3O3S2. The molecule has 9 heteroatoms. The highest BCUT2D eigenvalue weighted by Gasteiger charge is 2.30. The van der Waals surface area contributed by atoms with Gasteiger partial charge in [-0.05, 0) is 42.8 Å². The maximum absolute atomic E-state index is 12.0. The van der Waals surface area contributed by atoms with Gasteiger partial charge in [0.05, 0.1) is 11.4 Å². The van der Waals surface area contributed by atoms with Gasteiger partial charge in [0, 0.05) is 33.8 Å². The highest BCUT2D eigenvalue weighted by atomic mass is 35.5. The van der Waals surface area contributed by atoms with Crippen LogP contribution in [0.3, 0.4) is 0 Å². The lowest BCUT2D eigenvalue weighted by Crippen LogP contribution is -2.26. The maximum atomic E-state index is 12.0. The van der Waals surface area contributed by atoms with Crippen molar-refractivity contribution in [3.8, 4) is 0 Å². The summed E-state index contributed by atoms with van der Waals surface area (Å²) < 4.78 is 33.7. The van der Waals surface area contributed by atoms with Crippen LogP contribution < -0.4 is 4.90 Å². The van der Waals surface area contributed by atoms with E-state index in [4.69, 9.17) is 11.6 Å².